The zero-order chi connectivity index (χ0) is 46.2. The number of alkyl halides is 3. The Morgan fingerprint density at radius 1 is 1.14 bits per heavy atom. The number of halogens is 3. The number of benzene rings is 1. The van der Waals surface area contributed by atoms with Crippen LogP contribution in [-0.4, -0.2) is 118 Å². The standard InChI is InChI=1S/C47H60F3N7O7S/c1-26-16-29(26)41(58)53-34-19-38-51-36(22-65-38)28-8-9-37-30(17-28)32(20-44(3,4)24-64-43(60)46(61)10-7-13-57(54-46)42(34)59)40(56(37)23-47(48,49)50)31-18-33-35(52-39(31)27(2)62-6)21-63-25-45(33)11-14-55(5)15-12-45/h8-9,17-18,26-27,29,34,36,54,61H,7,10-16,19-25H2,1-6H3,(H,53,58)/t26-,27-,29-,34-,36?,46-/m0/s1. The van der Waals surface area contributed by atoms with Crippen LogP contribution in [0.25, 0.3) is 22.2 Å². The quantitative estimate of drug-likeness (QED) is 0.245. The van der Waals surface area contributed by atoms with Crippen molar-refractivity contribution < 1.29 is 46.9 Å². The molecule has 1 aliphatic carbocycles. The Labute approximate surface area is 381 Å². The predicted octanol–water partition coefficient (Wildman–Crippen LogP) is 6.13. The van der Waals surface area contributed by atoms with E-state index in [1.54, 1.807) is 13.2 Å². The number of aliphatic imine (C=N–C) groups is 1. The van der Waals surface area contributed by atoms with Gasteiger partial charge in [0.15, 0.2) is 0 Å². The highest BCUT2D eigenvalue weighted by molar-refractivity contribution is 8.14. The molecule has 5 aliphatic heterocycles. The Kier molecular flexibility index (Phi) is 12.2. The monoisotopic (exact) mass is 923 g/mol. The summed E-state index contributed by atoms with van der Waals surface area (Å²) in [6, 6.07) is 6.13. The van der Waals surface area contributed by atoms with Gasteiger partial charge in [-0.1, -0.05) is 26.8 Å². The zero-order valence-corrected chi connectivity index (χ0v) is 38.8. The van der Waals surface area contributed by atoms with Crippen LogP contribution >= 0.6 is 11.8 Å². The molecule has 3 N–H and O–H groups in total. The van der Waals surface area contributed by atoms with E-state index in [-0.39, 0.29) is 74.6 Å². The molecule has 9 rings (SSSR count). The van der Waals surface area contributed by atoms with Crippen molar-refractivity contribution in [3.8, 4) is 11.3 Å². The summed E-state index contributed by atoms with van der Waals surface area (Å²) in [4.78, 5) is 54.0. The van der Waals surface area contributed by atoms with Gasteiger partial charge in [-0.2, -0.15) is 18.6 Å². The molecule has 1 aromatic carbocycles. The number of amides is 2. The van der Waals surface area contributed by atoms with Crippen molar-refractivity contribution in [2.24, 2.45) is 22.2 Å². The van der Waals surface area contributed by atoms with Crippen molar-refractivity contribution in [2.45, 2.75) is 121 Å². The van der Waals surface area contributed by atoms with Crippen LogP contribution < -0.4 is 10.7 Å². The molecule has 18 heteroatoms. The molecule has 1 spiro atoms. The molecule has 352 valence electrons. The third-order valence-electron chi connectivity index (χ3n) is 14.4. The van der Waals surface area contributed by atoms with E-state index in [4.69, 9.17) is 24.2 Å². The number of piperidine rings is 1. The van der Waals surface area contributed by atoms with E-state index >= 15 is 13.2 Å². The number of rotatable bonds is 6. The maximum Gasteiger partial charge on any atom is 0.406 e. The summed E-state index contributed by atoms with van der Waals surface area (Å²) in [5.74, 6) is -1.24. The topological polar surface area (TPSA) is 160 Å². The molecule has 3 fully saturated rings. The van der Waals surface area contributed by atoms with Crippen molar-refractivity contribution in [3.63, 3.8) is 0 Å². The lowest BCUT2D eigenvalue weighted by atomic mass is 9.71. The van der Waals surface area contributed by atoms with Gasteiger partial charge in [-0.05, 0) is 100.0 Å². The number of carbonyl (C=O) groups is 3. The van der Waals surface area contributed by atoms with Crippen LogP contribution in [0.1, 0.15) is 106 Å². The Bertz CT molecular complexity index is 2420. The number of hydrogen-bond acceptors (Lipinski definition) is 12. The molecule has 2 saturated heterocycles. The fourth-order valence-electron chi connectivity index (χ4n) is 10.4. The number of thioether (sulfide) groups is 1. The van der Waals surface area contributed by atoms with Crippen LogP contribution in [0.3, 0.4) is 0 Å². The number of ether oxygens (including phenoxy) is 3. The highest BCUT2D eigenvalue weighted by atomic mass is 32.2. The van der Waals surface area contributed by atoms with Gasteiger partial charge < -0.3 is 34.1 Å². The minimum absolute atomic E-state index is 0.0383. The summed E-state index contributed by atoms with van der Waals surface area (Å²) >= 11 is 1.46. The number of likely N-dealkylation sites (tertiary alicyclic amines) is 1. The molecule has 2 amide bonds. The van der Waals surface area contributed by atoms with Gasteiger partial charge in [0.2, 0.25) is 11.6 Å². The molecule has 1 unspecified atom stereocenters. The Morgan fingerprint density at radius 3 is 2.60 bits per heavy atom. The molecule has 65 heavy (non-hydrogen) atoms. The number of aromatic nitrogens is 2. The Morgan fingerprint density at radius 2 is 1.89 bits per heavy atom. The lowest BCUT2D eigenvalue weighted by molar-refractivity contribution is -0.189. The van der Waals surface area contributed by atoms with Gasteiger partial charge in [0.05, 0.1) is 54.1 Å². The number of nitrogens with one attached hydrogen (secondary N) is 2. The first kappa shape index (κ1) is 46.1. The third-order valence-corrected chi connectivity index (χ3v) is 15.5. The number of carbonyl (C=O) groups excluding carboxylic acids is 3. The second kappa shape index (κ2) is 17.2. The number of aliphatic hydroxyl groups is 1. The van der Waals surface area contributed by atoms with Gasteiger partial charge in [-0.25, -0.2) is 4.79 Å². The maximum atomic E-state index is 15.1. The lowest BCUT2D eigenvalue weighted by Gasteiger charge is -2.44. The first-order valence-corrected chi connectivity index (χ1v) is 23.8. The number of hydrazine groups is 1. The van der Waals surface area contributed by atoms with E-state index in [9.17, 15) is 19.5 Å². The number of pyridine rings is 1. The molecule has 0 radical (unpaired) electrons. The van der Waals surface area contributed by atoms with Gasteiger partial charge in [0.25, 0.3) is 5.91 Å². The second-order valence-electron chi connectivity index (χ2n) is 20.1. The van der Waals surface area contributed by atoms with Crippen LogP contribution in [0.15, 0.2) is 29.3 Å². The van der Waals surface area contributed by atoms with Gasteiger partial charge >= 0.3 is 12.1 Å². The van der Waals surface area contributed by atoms with Crippen molar-refractivity contribution >= 4 is 45.5 Å². The number of hydrogen-bond donors (Lipinski definition) is 3. The van der Waals surface area contributed by atoms with Crippen molar-refractivity contribution in [1.82, 2.24) is 30.2 Å². The normalized spacial score (nSPS) is 28.6. The van der Waals surface area contributed by atoms with E-state index in [1.165, 1.54) is 21.3 Å². The van der Waals surface area contributed by atoms with E-state index in [2.05, 4.69) is 28.8 Å². The predicted molar refractivity (Wildman–Crippen MR) is 239 cm³/mol. The summed E-state index contributed by atoms with van der Waals surface area (Å²) in [7, 11) is 3.64. The largest absolute Gasteiger partial charge is 0.462 e. The number of nitrogens with zero attached hydrogens (tertiary/aromatic N) is 5. The Hall–Kier alpha value is -4.07. The van der Waals surface area contributed by atoms with E-state index in [0.717, 1.165) is 42.8 Å². The van der Waals surface area contributed by atoms with Crippen LogP contribution in [0.4, 0.5) is 13.2 Å². The molecule has 6 bridgehead atoms. The average Bonchev–Trinajstić information content (AvgIpc) is 3.71. The molecular formula is C47H60F3N7O7S. The summed E-state index contributed by atoms with van der Waals surface area (Å²) < 4.78 is 64.6. The lowest BCUT2D eigenvalue weighted by Crippen LogP contribution is -2.67. The van der Waals surface area contributed by atoms with Gasteiger partial charge in [-0.3, -0.25) is 24.6 Å². The first-order valence-electron chi connectivity index (χ1n) is 22.8. The summed E-state index contributed by atoms with van der Waals surface area (Å²) in [5, 5.41) is 17.1. The highest BCUT2D eigenvalue weighted by Crippen LogP contribution is 2.48. The summed E-state index contributed by atoms with van der Waals surface area (Å²) in [6.45, 7) is 8.69. The molecule has 1 saturated carbocycles. The SMILES string of the molecule is CO[C@@H](C)c1nc2c(cc1-c1c3c4cc(ccc4n1CC(F)(F)F)C1CSC(=N1)C[C@H](NC(=O)[C@H]1C[C@@H]1C)C(=O)N1CCC[C@@](O)(N1)C(=O)OCC(C)(C)C3)C1(CCN(C)CC1)COC2. The van der Waals surface area contributed by atoms with Gasteiger partial charge in [0.1, 0.15) is 12.6 Å². The summed E-state index contributed by atoms with van der Waals surface area (Å²) in [5.41, 5.74) is 4.16. The molecular weight excluding hydrogens is 864 g/mol. The minimum Gasteiger partial charge on any atom is -0.462 e. The van der Waals surface area contributed by atoms with E-state index in [0.29, 0.717) is 57.2 Å². The molecule has 7 heterocycles. The average molecular weight is 924 g/mol. The second-order valence-corrected chi connectivity index (χ2v) is 21.2. The van der Waals surface area contributed by atoms with Crippen molar-refractivity contribution in [2.75, 3.05) is 52.8 Å². The van der Waals surface area contributed by atoms with Crippen LogP contribution in [0, 0.1) is 17.3 Å². The third kappa shape index (κ3) is 9.07. The number of cyclic esters (lactones) is 1. The molecule has 6 atom stereocenters. The smallest absolute Gasteiger partial charge is 0.406 e. The van der Waals surface area contributed by atoms with Gasteiger partial charge in [-0.15, -0.1) is 11.8 Å². The van der Waals surface area contributed by atoms with Crippen LogP contribution in [0.2, 0.25) is 0 Å². The van der Waals surface area contributed by atoms with Crippen molar-refractivity contribution in [1.29, 1.82) is 0 Å². The van der Waals surface area contributed by atoms with E-state index < -0.39 is 47.9 Å². The highest BCUT2D eigenvalue weighted by Gasteiger charge is 2.47. The molecule has 2 aromatic heterocycles. The fraction of sp³-hybridized carbons (Fsp3) is 0.638. The van der Waals surface area contributed by atoms with Crippen LogP contribution in [0.5, 0.6) is 0 Å². The number of esters is 1. The molecule has 14 nitrogen and oxygen atoms in total. The first-order chi connectivity index (χ1) is 30.8. The fourth-order valence-corrected chi connectivity index (χ4v) is 11.5. The van der Waals surface area contributed by atoms with E-state index in [1.807, 2.05) is 39.8 Å². The minimum atomic E-state index is -4.61. The molecule has 3 aromatic rings. The zero-order valence-electron chi connectivity index (χ0n) is 38.0. The summed E-state index contributed by atoms with van der Waals surface area (Å²) in [6.07, 6.45) is -2.40. The molecule has 6 aliphatic rings. The Balaban J connectivity index is 1.23. The maximum absolute atomic E-state index is 15.1. The number of fused-ring (bicyclic) bond motifs is 7. The van der Waals surface area contributed by atoms with Crippen LogP contribution in [-0.2, 0) is 53.6 Å². The van der Waals surface area contributed by atoms with Crippen molar-refractivity contribution in [3.05, 3.63) is 52.3 Å². The van der Waals surface area contributed by atoms with Gasteiger partial charge in [0, 0.05) is 65.5 Å². The number of methoxy groups -OCH3 is 1.